The molecule has 2 unspecified atom stereocenters. The van der Waals surface area contributed by atoms with Crippen LogP contribution in [0, 0.1) is 0 Å². The molecule has 1 heterocycles. The van der Waals surface area contributed by atoms with Gasteiger partial charge in [0.05, 0.1) is 6.61 Å². The van der Waals surface area contributed by atoms with Crippen LogP contribution in [0.4, 0.5) is 0 Å². The molecule has 1 aromatic heterocycles. The highest BCUT2D eigenvalue weighted by Gasteiger charge is 2.37. The van der Waals surface area contributed by atoms with Crippen molar-refractivity contribution in [2.24, 2.45) is 7.05 Å². The predicted octanol–water partition coefficient (Wildman–Crippen LogP) is 1.40. The number of nitrogens with zero attached hydrogens (tertiary/aromatic N) is 4. The number of hydrogen-bond acceptors (Lipinski definition) is 7. The molecule has 0 amide bonds. The minimum Gasteiger partial charge on any atom is -0.465 e. The Labute approximate surface area is 130 Å². The molecule has 1 N–H and O–H groups in total. The maximum absolute atomic E-state index is 12.3. The number of nitrogens with one attached hydrogen (secondary N) is 1. The van der Waals surface area contributed by atoms with Gasteiger partial charge in [0, 0.05) is 18.3 Å². The summed E-state index contributed by atoms with van der Waals surface area (Å²) in [5.74, 6) is -0.220. The standard InChI is InChI=1S/C13H25N5O2S/c1-7-20-11(19)13(5,14-9(2)3)8-10(4)21-12-15-16-17-18(12)6/h9-10,14H,7-8H2,1-6H3. The summed E-state index contributed by atoms with van der Waals surface area (Å²) in [7, 11) is 1.80. The zero-order valence-corrected chi connectivity index (χ0v) is 14.4. The van der Waals surface area contributed by atoms with Crippen LogP contribution >= 0.6 is 11.8 Å². The van der Waals surface area contributed by atoms with Gasteiger partial charge < -0.3 is 4.74 Å². The quantitative estimate of drug-likeness (QED) is 0.573. The Hall–Kier alpha value is -1.15. The van der Waals surface area contributed by atoms with Crippen molar-refractivity contribution in [1.82, 2.24) is 25.5 Å². The zero-order chi connectivity index (χ0) is 16.0. The van der Waals surface area contributed by atoms with Crippen molar-refractivity contribution in [2.45, 2.75) is 63.0 Å². The van der Waals surface area contributed by atoms with Crippen LogP contribution in [0.3, 0.4) is 0 Å². The lowest BCUT2D eigenvalue weighted by molar-refractivity contribution is -0.151. The van der Waals surface area contributed by atoms with Crippen LogP contribution in [0.2, 0.25) is 0 Å². The number of rotatable bonds is 8. The van der Waals surface area contributed by atoms with Crippen molar-refractivity contribution in [2.75, 3.05) is 6.61 Å². The molecule has 0 aliphatic heterocycles. The summed E-state index contributed by atoms with van der Waals surface area (Å²) < 4.78 is 6.84. The van der Waals surface area contributed by atoms with Gasteiger partial charge in [-0.15, -0.1) is 5.10 Å². The second kappa shape index (κ2) is 7.74. The molecule has 0 saturated heterocycles. The highest BCUT2D eigenvalue weighted by atomic mass is 32.2. The van der Waals surface area contributed by atoms with Crippen molar-refractivity contribution in [3.63, 3.8) is 0 Å². The van der Waals surface area contributed by atoms with E-state index in [9.17, 15) is 4.79 Å². The SMILES string of the molecule is CCOC(=O)C(C)(CC(C)Sc1nnnn1C)NC(C)C. The maximum atomic E-state index is 12.3. The lowest BCUT2D eigenvalue weighted by Crippen LogP contribution is -2.54. The minimum absolute atomic E-state index is 0.162. The van der Waals surface area contributed by atoms with Crippen molar-refractivity contribution in [3.05, 3.63) is 0 Å². The fraction of sp³-hybridized carbons (Fsp3) is 0.846. The first-order valence-electron chi connectivity index (χ1n) is 7.12. The highest BCUT2D eigenvalue weighted by Crippen LogP contribution is 2.27. The van der Waals surface area contributed by atoms with E-state index in [2.05, 4.69) is 27.8 Å². The van der Waals surface area contributed by atoms with E-state index < -0.39 is 5.54 Å². The molecule has 0 fully saturated rings. The molecule has 1 aromatic rings. The Morgan fingerprint density at radius 3 is 2.62 bits per heavy atom. The summed E-state index contributed by atoms with van der Waals surface area (Å²) in [5, 5.41) is 15.6. The number of aromatic nitrogens is 4. The summed E-state index contributed by atoms with van der Waals surface area (Å²) in [6.45, 7) is 10.2. The number of aryl methyl sites for hydroxylation is 1. The smallest absolute Gasteiger partial charge is 0.326 e. The van der Waals surface area contributed by atoms with Crippen molar-refractivity contribution in [1.29, 1.82) is 0 Å². The minimum atomic E-state index is -0.720. The van der Waals surface area contributed by atoms with Gasteiger partial charge in [0.15, 0.2) is 0 Å². The monoisotopic (exact) mass is 315 g/mol. The first kappa shape index (κ1) is 17.9. The average molecular weight is 315 g/mol. The fourth-order valence-corrected chi connectivity index (χ4v) is 3.30. The van der Waals surface area contributed by atoms with Crippen LogP contribution in [0.5, 0.6) is 0 Å². The van der Waals surface area contributed by atoms with E-state index in [0.717, 1.165) is 5.16 Å². The summed E-state index contributed by atoms with van der Waals surface area (Å²) in [4.78, 5) is 12.3. The second-order valence-electron chi connectivity index (χ2n) is 5.57. The van der Waals surface area contributed by atoms with Gasteiger partial charge in [-0.25, -0.2) is 4.68 Å². The molecule has 8 heteroatoms. The lowest BCUT2D eigenvalue weighted by Gasteiger charge is -2.32. The summed E-state index contributed by atoms with van der Waals surface area (Å²) in [6.07, 6.45) is 0.627. The Morgan fingerprint density at radius 1 is 1.48 bits per heavy atom. The number of ether oxygens (including phenoxy) is 1. The van der Waals surface area contributed by atoms with Crippen LogP contribution in [-0.4, -0.2) is 49.6 Å². The summed E-state index contributed by atoms with van der Waals surface area (Å²) in [5.41, 5.74) is -0.720. The van der Waals surface area contributed by atoms with E-state index in [-0.39, 0.29) is 17.3 Å². The van der Waals surface area contributed by atoms with Gasteiger partial charge in [-0.1, -0.05) is 18.7 Å². The topological polar surface area (TPSA) is 81.9 Å². The van der Waals surface area contributed by atoms with E-state index in [0.29, 0.717) is 13.0 Å². The zero-order valence-electron chi connectivity index (χ0n) is 13.6. The molecule has 0 aromatic carbocycles. The van der Waals surface area contributed by atoms with E-state index >= 15 is 0 Å². The number of hydrogen-bond donors (Lipinski definition) is 1. The molecule has 0 spiro atoms. The fourth-order valence-electron chi connectivity index (χ4n) is 2.25. The van der Waals surface area contributed by atoms with Crippen LogP contribution in [0.1, 0.15) is 41.0 Å². The molecule has 0 radical (unpaired) electrons. The molecule has 1 rings (SSSR count). The van der Waals surface area contributed by atoms with E-state index in [1.807, 2.05) is 27.7 Å². The third-order valence-electron chi connectivity index (χ3n) is 2.92. The van der Waals surface area contributed by atoms with Gasteiger partial charge in [0.1, 0.15) is 5.54 Å². The molecule has 0 aliphatic carbocycles. The van der Waals surface area contributed by atoms with Gasteiger partial charge in [0.25, 0.3) is 0 Å². The van der Waals surface area contributed by atoms with Crippen molar-refractivity contribution < 1.29 is 9.53 Å². The third kappa shape index (κ3) is 5.28. The number of tetrazole rings is 1. The Kier molecular flexibility index (Phi) is 6.60. The van der Waals surface area contributed by atoms with Gasteiger partial charge >= 0.3 is 5.97 Å². The summed E-state index contributed by atoms with van der Waals surface area (Å²) >= 11 is 1.55. The Bertz CT molecular complexity index is 465. The van der Waals surface area contributed by atoms with Gasteiger partial charge in [-0.2, -0.15) is 0 Å². The van der Waals surface area contributed by atoms with Crippen LogP contribution in [0.25, 0.3) is 0 Å². The molecule has 120 valence electrons. The van der Waals surface area contributed by atoms with Crippen LogP contribution < -0.4 is 5.32 Å². The number of carbonyl (C=O) groups excluding carboxylic acids is 1. The molecular formula is C13H25N5O2S. The number of carbonyl (C=O) groups is 1. The molecule has 21 heavy (non-hydrogen) atoms. The molecule has 2 atom stereocenters. The first-order chi connectivity index (χ1) is 9.78. The third-order valence-corrected chi connectivity index (χ3v) is 4.04. The second-order valence-corrected chi connectivity index (χ2v) is 6.97. The normalized spacial score (nSPS) is 15.8. The van der Waals surface area contributed by atoms with Crippen LogP contribution in [0.15, 0.2) is 5.16 Å². The Morgan fingerprint density at radius 2 is 2.14 bits per heavy atom. The molecule has 0 bridgehead atoms. The van der Waals surface area contributed by atoms with Gasteiger partial charge in [-0.05, 0) is 44.5 Å². The first-order valence-corrected chi connectivity index (χ1v) is 8.00. The van der Waals surface area contributed by atoms with E-state index in [4.69, 9.17) is 4.74 Å². The van der Waals surface area contributed by atoms with Gasteiger partial charge in [-0.3, -0.25) is 10.1 Å². The average Bonchev–Trinajstić information content (AvgIpc) is 2.73. The predicted molar refractivity (Wildman–Crippen MR) is 82.0 cm³/mol. The van der Waals surface area contributed by atoms with Crippen LogP contribution in [-0.2, 0) is 16.6 Å². The lowest BCUT2D eigenvalue weighted by atomic mass is 9.95. The summed E-state index contributed by atoms with van der Waals surface area (Å²) in [6, 6.07) is 0.188. The number of thioether (sulfide) groups is 1. The highest BCUT2D eigenvalue weighted by molar-refractivity contribution is 7.99. The van der Waals surface area contributed by atoms with E-state index in [1.165, 1.54) is 0 Å². The van der Waals surface area contributed by atoms with Crippen molar-refractivity contribution in [3.8, 4) is 0 Å². The molecule has 0 aliphatic rings. The van der Waals surface area contributed by atoms with Crippen molar-refractivity contribution >= 4 is 17.7 Å². The van der Waals surface area contributed by atoms with Gasteiger partial charge in [0.2, 0.25) is 5.16 Å². The Balaban J connectivity index is 2.75. The number of esters is 1. The largest absolute Gasteiger partial charge is 0.465 e. The molecule has 0 saturated carbocycles. The molecule has 7 nitrogen and oxygen atoms in total. The van der Waals surface area contributed by atoms with E-state index in [1.54, 1.807) is 23.5 Å². The molecular weight excluding hydrogens is 290 g/mol. The maximum Gasteiger partial charge on any atom is 0.326 e.